The number of aliphatic hydroxyl groups is 1. The van der Waals surface area contributed by atoms with Crippen molar-refractivity contribution in [2.24, 2.45) is 17.8 Å². The fourth-order valence-corrected chi connectivity index (χ4v) is 11.3. The number of benzene rings is 2. The highest BCUT2D eigenvalue weighted by atomic mass is 16.7. The van der Waals surface area contributed by atoms with Crippen molar-refractivity contribution in [1.29, 1.82) is 0 Å². The van der Waals surface area contributed by atoms with E-state index in [-0.39, 0.29) is 102 Å². The van der Waals surface area contributed by atoms with Gasteiger partial charge in [-0.15, -0.1) is 0 Å². The average Bonchev–Trinajstić information content (AvgIpc) is 3.80. The molecule has 7 aliphatic rings. The van der Waals surface area contributed by atoms with Crippen LogP contribution < -0.4 is 10.1 Å². The van der Waals surface area contributed by atoms with Crippen molar-refractivity contribution in [1.82, 2.24) is 15.1 Å². The molecule has 4 heterocycles. The highest BCUT2D eigenvalue weighted by molar-refractivity contribution is 6.31. The van der Waals surface area contributed by atoms with Crippen molar-refractivity contribution in [3.63, 3.8) is 0 Å². The first-order valence-corrected chi connectivity index (χ1v) is 22.2. The number of ether oxygens (including phenoxy) is 6. The molecule has 5 fully saturated rings. The predicted molar refractivity (Wildman–Crippen MR) is 220 cm³/mol. The fourth-order valence-electron chi connectivity index (χ4n) is 11.3. The zero-order valence-electron chi connectivity index (χ0n) is 36.3. The summed E-state index contributed by atoms with van der Waals surface area (Å²) in [6, 6.07) is 4.21. The molecule has 4 saturated heterocycles. The molecule has 3 amide bonds. The molecular formula is C46H55N3O15. The van der Waals surface area contributed by atoms with Crippen LogP contribution >= 0.6 is 0 Å². The largest absolute Gasteiger partial charge is 0.507 e. The molecule has 18 nitrogen and oxygen atoms in total. The number of phenols is 2. The number of ketones is 3. The highest BCUT2D eigenvalue weighted by Crippen LogP contribution is 2.53. The molecule has 9 atom stereocenters. The van der Waals surface area contributed by atoms with Gasteiger partial charge >= 0.3 is 0 Å². The smallest absolute Gasteiger partial charge is 0.232 e. The molecule has 4 aliphatic heterocycles. The maximum absolute atomic E-state index is 14.4. The number of hydrogen-bond acceptors (Lipinski definition) is 16. The van der Waals surface area contributed by atoms with Gasteiger partial charge in [0.2, 0.25) is 23.5 Å². The molecular weight excluding hydrogens is 835 g/mol. The van der Waals surface area contributed by atoms with Crippen molar-refractivity contribution in [2.45, 2.75) is 120 Å². The molecule has 1 unspecified atom stereocenters. The fraction of sp³-hybridized carbons (Fsp3) is 0.609. The van der Waals surface area contributed by atoms with E-state index in [0.717, 1.165) is 0 Å². The van der Waals surface area contributed by atoms with Gasteiger partial charge in [-0.2, -0.15) is 0 Å². The van der Waals surface area contributed by atoms with Crippen molar-refractivity contribution in [3.8, 4) is 17.2 Å². The lowest BCUT2D eigenvalue weighted by Gasteiger charge is -2.43. The summed E-state index contributed by atoms with van der Waals surface area (Å²) in [6.07, 6.45) is -2.85. The van der Waals surface area contributed by atoms with E-state index in [1.807, 2.05) is 6.92 Å². The predicted octanol–water partition coefficient (Wildman–Crippen LogP) is 2.43. The minimum atomic E-state index is -2.26. The number of carbonyl (C=O) groups excluding carboxylic acids is 6. The van der Waals surface area contributed by atoms with Crippen molar-refractivity contribution in [2.75, 3.05) is 41.0 Å². The Morgan fingerprint density at radius 2 is 1.73 bits per heavy atom. The Morgan fingerprint density at radius 1 is 0.984 bits per heavy atom. The van der Waals surface area contributed by atoms with Gasteiger partial charge in [0, 0.05) is 93.9 Å². The lowest BCUT2D eigenvalue weighted by atomic mass is 9.71. The van der Waals surface area contributed by atoms with Gasteiger partial charge in [-0.05, 0) is 51.0 Å². The van der Waals surface area contributed by atoms with Crippen LogP contribution in [0.25, 0.3) is 0 Å². The topological polar surface area (TPSA) is 237 Å². The van der Waals surface area contributed by atoms with Gasteiger partial charge < -0.3 is 49.1 Å². The van der Waals surface area contributed by atoms with Crippen LogP contribution in [0.2, 0.25) is 0 Å². The van der Waals surface area contributed by atoms with Gasteiger partial charge in [0.05, 0.1) is 42.6 Å². The summed E-state index contributed by atoms with van der Waals surface area (Å²) >= 11 is 0. The number of aromatic hydroxyl groups is 2. The zero-order valence-corrected chi connectivity index (χ0v) is 36.3. The van der Waals surface area contributed by atoms with Crippen molar-refractivity contribution >= 4 is 35.1 Å². The number of phenolic OH excluding ortho intramolecular Hbond substituents is 2. The second-order valence-corrected chi connectivity index (χ2v) is 18.2. The number of fused-ring (bicyclic) bond motifs is 6. The minimum absolute atomic E-state index is 0.0130. The van der Waals surface area contributed by atoms with E-state index in [1.54, 1.807) is 7.05 Å². The number of nitrogens with zero attached hydrogens (tertiary/aromatic N) is 2. The van der Waals surface area contributed by atoms with Crippen LogP contribution in [0.1, 0.15) is 114 Å². The summed E-state index contributed by atoms with van der Waals surface area (Å²) in [5.74, 6) is -5.04. The lowest BCUT2D eigenvalue weighted by molar-refractivity contribution is -0.256. The van der Waals surface area contributed by atoms with E-state index in [4.69, 9.17) is 28.4 Å². The maximum atomic E-state index is 14.4. The van der Waals surface area contributed by atoms with Crippen molar-refractivity contribution in [3.05, 3.63) is 51.6 Å². The van der Waals surface area contributed by atoms with Gasteiger partial charge in [0.25, 0.3) is 0 Å². The maximum Gasteiger partial charge on any atom is 0.232 e. The summed E-state index contributed by atoms with van der Waals surface area (Å²) in [7, 11) is 4.48. The molecule has 4 N–H and O–H groups in total. The van der Waals surface area contributed by atoms with E-state index in [0.29, 0.717) is 38.8 Å². The van der Waals surface area contributed by atoms with Crippen LogP contribution in [-0.2, 0) is 49.3 Å². The normalized spacial score (nSPS) is 33.5. The molecule has 0 radical (unpaired) electrons. The highest BCUT2D eigenvalue weighted by Gasteiger charge is 2.55. The minimum Gasteiger partial charge on any atom is -0.507 e. The summed E-state index contributed by atoms with van der Waals surface area (Å²) in [5, 5.41) is 39.3. The Balaban J connectivity index is 0.987. The first-order chi connectivity index (χ1) is 30.7. The van der Waals surface area contributed by atoms with Crippen molar-refractivity contribution < 1.29 is 72.5 Å². The van der Waals surface area contributed by atoms with Gasteiger partial charge in [0.15, 0.2) is 30.4 Å². The molecule has 64 heavy (non-hydrogen) atoms. The number of carbonyl (C=O) groups is 6. The summed E-state index contributed by atoms with van der Waals surface area (Å²) in [6.45, 7) is 3.00. The SMILES string of the molecule is CNC(=O)C1CCC(CN2C(=O)CC(CCC(=O)[C@]3(O)Cc4c(O)c5c(c(O)c4[C@@H](O[C@H]4C[C@H]6[C@H](O[C@@H]7[C@@H](OC)OCCN76)[C@H](C)O4)C3)C(=O)c3c(OC)cccc3C5=O)C2=O)CC1. The van der Waals surface area contributed by atoms with E-state index in [1.165, 1.54) is 37.3 Å². The molecule has 18 heteroatoms. The van der Waals surface area contributed by atoms with Gasteiger partial charge in [-0.25, -0.2) is 0 Å². The number of hydrogen-bond donors (Lipinski definition) is 4. The molecule has 0 aromatic heterocycles. The average molecular weight is 890 g/mol. The van der Waals surface area contributed by atoms with Crippen LogP contribution in [0.4, 0.5) is 0 Å². The van der Waals surface area contributed by atoms with Crippen LogP contribution in [0, 0.1) is 17.8 Å². The summed E-state index contributed by atoms with van der Waals surface area (Å²) in [5.41, 5.74) is -3.56. The third-order valence-corrected chi connectivity index (χ3v) is 14.7. The number of Topliss-reactive ketones (excluding diaryl/α,β-unsaturated/α-hetero) is 1. The first-order valence-electron chi connectivity index (χ1n) is 22.2. The van der Waals surface area contributed by atoms with E-state index >= 15 is 0 Å². The molecule has 2 aromatic rings. The number of morpholine rings is 1. The van der Waals surface area contributed by atoms with E-state index in [2.05, 4.69) is 10.2 Å². The van der Waals surface area contributed by atoms with Gasteiger partial charge in [-0.3, -0.25) is 38.6 Å². The number of amides is 3. The second-order valence-electron chi connectivity index (χ2n) is 18.2. The summed E-state index contributed by atoms with van der Waals surface area (Å²) in [4.78, 5) is 85.0. The molecule has 9 rings (SSSR count). The molecule has 1 saturated carbocycles. The van der Waals surface area contributed by atoms with Crippen LogP contribution in [0.3, 0.4) is 0 Å². The van der Waals surface area contributed by atoms with Crippen LogP contribution in [-0.4, -0.2) is 144 Å². The van der Waals surface area contributed by atoms with Crippen LogP contribution in [0.5, 0.6) is 17.2 Å². The Kier molecular flexibility index (Phi) is 11.9. The van der Waals surface area contributed by atoms with Crippen LogP contribution in [0.15, 0.2) is 18.2 Å². The number of methoxy groups -OCH3 is 2. The van der Waals surface area contributed by atoms with Gasteiger partial charge in [-0.1, -0.05) is 12.1 Å². The third-order valence-electron chi connectivity index (χ3n) is 14.7. The van der Waals surface area contributed by atoms with Gasteiger partial charge in [0.1, 0.15) is 29.0 Å². The zero-order chi connectivity index (χ0) is 45.4. The molecule has 344 valence electrons. The lowest BCUT2D eigenvalue weighted by Crippen LogP contribution is -2.55. The molecule has 0 spiro atoms. The molecule has 2 aromatic carbocycles. The van der Waals surface area contributed by atoms with E-state index < -0.39 is 95.4 Å². The third kappa shape index (κ3) is 7.40. The number of imide groups is 1. The standard InChI is InChI=1S/C46H55N3O15/c1-21-41-27(48-14-15-61-45(60-4)44(48)64-41)17-32(62-21)63-29-19-46(58,30(50)13-12-24-16-31(51)49(43(24)57)20-22-8-10-23(11-9-22)42(56)47-2)18-26-34(29)40(55)36-35(38(26)53)37(52)25-6-5-7-28(59-3)33(25)39(36)54/h5-7,21-24,27,29,32,41,44-45,53,55,58H,8-20H2,1-4H3,(H,47,56)/t21-,22?,23?,24?,27-,29-,32-,41+,44+,45-,46-/m0/s1. The number of nitrogens with one attached hydrogen (secondary N) is 1. The first kappa shape index (κ1) is 44.4. The quantitative estimate of drug-likeness (QED) is 0.160. The molecule has 0 bridgehead atoms. The van der Waals surface area contributed by atoms with E-state index in [9.17, 15) is 44.1 Å². The Labute approximate surface area is 369 Å². The summed E-state index contributed by atoms with van der Waals surface area (Å²) < 4.78 is 36.1. The Morgan fingerprint density at radius 3 is 2.45 bits per heavy atom. The number of likely N-dealkylation sites (tertiary alicyclic amines) is 1. The Bertz CT molecular complexity index is 2280. The second kappa shape index (κ2) is 17.2. The Hall–Kier alpha value is -4.82. The number of rotatable bonds is 11. The molecule has 3 aliphatic carbocycles. The monoisotopic (exact) mass is 889 g/mol.